The molecule has 1 aliphatic heterocycles. The highest BCUT2D eigenvalue weighted by atomic mass is 35.5. The summed E-state index contributed by atoms with van der Waals surface area (Å²) in [6.07, 6.45) is 0.455. The second kappa shape index (κ2) is 7.64. The number of hydrogen-bond acceptors (Lipinski definition) is 5. The molecular weight excluding hydrogens is 378 g/mol. The Bertz CT molecular complexity index is 967. The minimum Gasteiger partial charge on any atom is -0.491 e. The molecule has 4 rings (SSSR count). The number of halogens is 1. The molecule has 0 N–H and O–H groups in total. The lowest BCUT2D eigenvalue weighted by Gasteiger charge is -2.15. The molecule has 1 amide bonds. The van der Waals surface area contributed by atoms with Crippen molar-refractivity contribution in [3.05, 3.63) is 59.4 Å². The van der Waals surface area contributed by atoms with E-state index in [0.29, 0.717) is 29.7 Å². The van der Waals surface area contributed by atoms with Crippen LogP contribution in [0.1, 0.15) is 32.1 Å². The Morgan fingerprint density at radius 1 is 1.14 bits per heavy atom. The molecule has 1 aliphatic rings. The van der Waals surface area contributed by atoms with Crippen molar-refractivity contribution in [2.75, 3.05) is 11.4 Å². The molecule has 2 heterocycles. The van der Waals surface area contributed by atoms with Gasteiger partial charge in [-0.15, -0.1) is 0 Å². The van der Waals surface area contributed by atoms with Crippen molar-refractivity contribution < 1.29 is 14.1 Å². The number of ether oxygens (including phenoxy) is 1. The first-order valence-electron chi connectivity index (χ1n) is 9.16. The van der Waals surface area contributed by atoms with E-state index in [-0.39, 0.29) is 17.9 Å². The zero-order valence-corrected chi connectivity index (χ0v) is 16.4. The van der Waals surface area contributed by atoms with Crippen LogP contribution >= 0.6 is 11.6 Å². The van der Waals surface area contributed by atoms with E-state index in [4.69, 9.17) is 20.9 Å². The average molecular weight is 398 g/mol. The van der Waals surface area contributed by atoms with Gasteiger partial charge in [-0.2, -0.15) is 4.98 Å². The quantitative estimate of drug-likeness (QED) is 0.624. The monoisotopic (exact) mass is 397 g/mol. The predicted molar refractivity (Wildman–Crippen MR) is 107 cm³/mol. The molecule has 1 fully saturated rings. The number of carbonyl (C=O) groups excluding carboxylic acids is 1. The summed E-state index contributed by atoms with van der Waals surface area (Å²) in [7, 11) is 0. The molecule has 0 radical (unpaired) electrons. The molecule has 0 bridgehead atoms. The third kappa shape index (κ3) is 3.87. The Kier molecular flexibility index (Phi) is 5.05. The largest absolute Gasteiger partial charge is 0.491 e. The Labute approximate surface area is 168 Å². The molecule has 1 aromatic heterocycles. The summed E-state index contributed by atoms with van der Waals surface area (Å²) in [5.74, 6) is 1.67. The highest BCUT2D eigenvalue weighted by Gasteiger charge is 2.35. The number of carbonyl (C=O) groups is 1. The fraction of sp³-hybridized carbons (Fsp3) is 0.286. The SMILES string of the molecule is CC(C)Oc1ccc(-c2noc(C3CC(=O)N(c4ccc(Cl)cc4)C3)n2)cc1. The molecule has 144 valence electrons. The van der Waals surface area contributed by atoms with Crippen LogP contribution in [0.25, 0.3) is 11.4 Å². The standard InChI is InChI=1S/C21H20ClN3O3/c1-13(2)27-18-9-3-14(4-10-18)20-23-21(28-24-20)15-11-19(26)25(12-15)17-7-5-16(22)6-8-17/h3-10,13,15H,11-12H2,1-2H3. The van der Waals surface area contributed by atoms with Gasteiger partial charge in [-0.1, -0.05) is 16.8 Å². The van der Waals surface area contributed by atoms with Crippen molar-refractivity contribution in [3.8, 4) is 17.1 Å². The highest BCUT2D eigenvalue weighted by Crippen LogP contribution is 2.32. The predicted octanol–water partition coefficient (Wildman–Crippen LogP) is 4.70. The maximum Gasteiger partial charge on any atom is 0.232 e. The van der Waals surface area contributed by atoms with Crippen molar-refractivity contribution in [2.45, 2.75) is 32.3 Å². The molecule has 3 aromatic rings. The minimum absolute atomic E-state index is 0.0299. The van der Waals surface area contributed by atoms with Crippen LogP contribution in [0.15, 0.2) is 53.1 Å². The summed E-state index contributed by atoms with van der Waals surface area (Å²) in [4.78, 5) is 18.7. The molecular formula is C21H20ClN3O3. The van der Waals surface area contributed by atoms with Gasteiger partial charge in [0.05, 0.1) is 12.0 Å². The molecule has 1 unspecified atom stereocenters. The number of anilines is 1. The van der Waals surface area contributed by atoms with E-state index in [2.05, 4.69) is 10.1 Å². The maximum absolute atomic E-state index is 12.4. The van der Waals surface area contributed by atoms with Crippen molar-refractivity contribution in [3.63, 3.8) is 0 Å². The summed E-state index contributed by atoms with van der Waals surface area (Å²) in [6, 6.07) is 14.8. The fourth-order valence-corrected chi connectivity index (χ4v) is 3.34. The van der Waals surface area contributed by atoms with E-state index in [1.807, 2.05) is 50.2 Å². The number of nitrogens with zero attached hydrogens (tertiary/aromatic N) is 3. The minimum atomic E-state index is -0.132. The van der Waals surface area contributed by atoms with E-state index < -0.39 is 0 Å². The average Bonchev–Trinajstić information content (AvgIpc) is 3.30. The number of rotatable bonds is 5. The molecule has 2 aromatic carbocycles. The highest BCUT2D eigenvalue weighted by molar-refractivity contribution is 6.30. The first kappa shape index (κ1) is 18.5. The van der Waals surface area contributed by atoms with Crippen molar-refractivity contribution in [1.82, 2.24) is 10.1 Å². The van der Waals surface area contributed by atoms with Crippen molar-refractivity contribution in [1.29, 1.82) is 0 Å². The molecule has 1 atom stereocenters. The number of amides is 1. The van der Waals surface area contributed by atoms with E-state index in [1.54, 1.807) is 17.0 Å². The van der Waals surface area contributed by atoms with Gasteiger partial charge in [-0.05, 0) is 62.4 Å². The third-order valence-electron chi connectivity index (χ3n) is 4.54. The molecule has 0 saturated carbocycles. The van der Waals surface area contributed by atoms with Gasteiger partial charge in [0, 0.05) is 29.2 Å². The van der Waals surface area contributed by atoms with Crippen LogP contribution in [0.3, 0.4) is 0 Å². The maximum atomic E-state index is 12.4. The summed E-state index contributed by atoms with van der Waals surface area (Å²) < 4.78 is 11.1. The summed E-state index contributed by atoms with van der Waals surface area (Å²) in [6.45, 7) is 4.47. The molecule has 28 heavy (non-hydrogen) atoms. The molecule has 0 spiro atoms. The first-order chi connectivity index (χ1) is 13.5. The smallest absolute Gasteiger partial charge is 0.232 e. The topological polar surface area (TPSA) is 68.5 Å². The molecule has 1 saturated heterocycles. The van der Waals surface area contributed by atoms with E-state index >= 15 is 0 Å². The van der Waals surface area contributed by atoms with E-state index in [9.17, 15) is 4.79 Å². The Balaban J connectivity index is 1.48. The Hall–Kier alpha value is -2.86. The molecule has 6 nitrogen and oxygen atoms in total. The van der Waals surface area contributed by atoms with Crippen molar-refractivity contribution in [2.24, 2.45) is 0 Å². The second-order valence-electron chi connectivity index (χ2n) is 7.03. The van der Waals surface area contributed by atoms with Gasteiger partial charge < -0.3 is 14.2 Å². The van der Waals surface area contributed by atoms with Gasteiger partial charge in [0.1, 0.15) is 5.75 Å². The lowest BCUT2D eigenvalue weighted by atomic mass is 10.1. The van der Waals surface area contributed by atoms with Crippen LogP contribution in [0.4, 0.5) is 5.69 Å². The van der Waals surface area contributed by atoms with Gasteiger partial charge in [-0.3, -0.25) is 4.79 Å². The zero-order valence-electron chi connectivity index (χ0n) is 15.6. The number of benzene rings is 2. The Morgan fingerprint density at radius 2 is 1.86 bits per heavy atom. The van der Waals surface area contributed by atoms with Crippen LogP contribution < -0.4 is 9.64 Å². The third-order valence-corrected chi connectivity index (χ3v) is 4.79. The van der Waals surface area contributed by atoms with Crippen LogP contribution in [-0.2, 0) is 4.79 Å². The summed E-state index contributed by atoms with van der Waals surface area (Å²) in [5, 5.41) is 4.72. The number of hydrogen-bond donors (Lipinski definition) is 0. The zero-order chi connectivity index (χ0) is 19.7. The van der Waals surface area contributed by atoms with Crippen molar-refractivity contribution >= 4 is 23.2 Å². The molecule has 0 aliphatic carbocycles. The summed E-state index contributed by atoms with van der Waals surface area (Å²) >= 11 is 5.93. The van der Waals surface area contributed by atoms with Crippen LogP contribution in [-0.4, -0.2) is 28.7 Å². The van der Waals surface area contributed by atoms with Crippen LogP contribution in [0.2, 0.25) is 5.02 Å². The molecule has 7 heteroatoms. The summed E-state index contributed by atoms with van der Waals surface area (Å²) in [5.41, 5.74) is 1.65. The van der Waals surface area contributed by atoms with E-state index in [1.165, 1.54) is 0 Å². The van der Waals surface area contributed by atoms with Gasteiger partial charge in [0.25, 0.3) is 0 Å². The number of aromatic nitrogens is 2. The fourth-order valence-electron chi connectivity index (χ4n) is 3.22. The van der Waals surface area contributed by atoms with Gasteiger partial charge >= 0.3 is 0 Å². The van der Waals surface area contributed by atoms with Gasteiger partial charge in [-0.25, -0.2) is 0 Å². The normalized spacial score (nSPS) is 16.8. The lowest BCUT2D eigenvalue weighted by Crippen LogP contribution is -2.24. The lowest BCUT2D eigenvalue weighted by molar-refractivity contribution is -0.117. The van der Waals surface area contributed by atoms with Gasteiger partial charge in [0.2, 0.25) is 17.6 Å². The van der Waals surface area contributed by atoms with Crippen LogP contribution in [0.5, 0.6) is 5.75 Å². The Morgan fingerprint density at radius 3 is 2.54 bits per heavy atom. The van der Waals surface area contributed by atoms with Crippen LogP contribution in [0, 0.1) is 0 Å². The first-order valence-corrected chi connectivity index (χ1v) is 9.54. The second-order valence-corrected chi connectivity index (χ2v) is 7.47. The van der Waals surface area contributed by atoms with E-state index in [0.717, 1.165) is 17.0 Å². The van der Waals surface area contributed by atoms with Gasteiger partial charge in [0.15, 0.2) is 0 Å².